The summed E-state index contributed by atoms with van der Waals surface area (Å²) in [7, 11) is 9.05. The molecule has 0 saturated heterocycles. The molecule has 0 saturated carbocycles. The predicted octanol–water partition coefficient (Wildman–Crippen LogP) is 6.59. The first-order chi connectivity index (χ1) is 27.2. The highest BCUT2D eigenvalue weighted by Gasteiger charge is 2.18. The molecule has 0 N–H and O–H groups in total. The molecule has 0 spiro atoms. The first-order valence-corrected chi connectivity index (χ1v) is 18.2. The Morgan fingerprint density at radius 1 is 0.625 bits per heavy atom. The van der Waals surface area contributed by atoms with Gasteiger partial charge in [0.25, 0.3) is 0 Å². The second-order valence-electron chi connectivity index (χ2n) is 12.4. The molecule has 0 unspecified atom stereocenters. The lowest BCUT2D eigenvalue weighted by Crippen LogP contribution is -2.29. The van der Waals surface area contributed by atoms with Crippen LogP contribution in [0.15, 0.2) is 69.9 Å². The Morgan fingerprint density at radius 3 is 1.82 bits per heavy atom. The maximum atomic E-state index is 12.9. The third-order valence-corrected chi connectivity index (χ3v) is 8.70. The largest absolute Gasteiger partial charge is 0.493 e. The maximum absolute atomic E-state index is 12.9. The van der Waals surface area contributed by atoms with E-state index >= 15 is 0 Å². The number of rotatable bonds is 24. The Morgan fingerprint density at radius 2 is 1.20 bits per heavy atom. The molecule has 0 aliphatic rings. The molecule has 3 aromatic carbocycles. The van der Waals surface area contributed by atoms with Crippen molar-refractivity contribution in [3.05, 3.63) is 82.2 Å². The van der Waals surface area contributed by atoms with E-state index in [1.807, 2.05) is 12.1 Å². The average molecular weight is 778 g/mol. The van der Waals surface area contributed by atoms with Crippen LogP contribution in [0.4, 0.5) is 0 Å². The molecule has 4 aromatic rings. The number of unbranched alkanes of at least 4 members (excludes halogenated alkanes) is 2. The van der Waals surface area contributed by atoms with E-state index in [9.17, 15) is 14.4 Å². The molecule has 56 heavy (non-hydrogen) atoms. The van der Waals surface area contributed by atoms with Gasteiger partial charge in [-0.2, -0.15) is 0 Å². The number of carbonyl (C=O) groups is 2. The van der Waals surface area contributed by atoms with Gasteiger partial charge in [-0.25, -0.2) is 14.4 Å². The minimum atomic E-state index is -0.497. The van der Waals surface area contributed by atoms with Crippen molar-refractivity contribution in [2.24, 2.45) is 0 Å². The minimum Gasteiger partial charge on any atom is -0.493 e. The van der Waals surface area contributed by atoms with Gasteiger partial charge in [0, 0.05) is 36.7 Å². The van der Waals surface area contributed by atoms with Crippen LogP contribution in [0.2, 0.25) is 0 Å². The fourth-order valence-corrected chi connectivity index (χ4v) is 5.88. The number of hydrogen-bond acceptors (Lipinski definition) is 14. The summed E-state index contributed by atoms with van der Waals surface area (Å²) in [5, 5.41) is 0.816. The lowest BCUT2D eigenvalue weighted by Gasteiger charge is -2.22. The quantitative estimate of drug-likeness (QED) is 0.0326. The zero-order valence-electron chi connectivity index (χ0n) is 32.9. The molecule has 302 valence electrons. The molecule has 4 rings (SSSR count). The van der Waals surface area contributed by atoms with Crippen molar-refractivity contribution in [3.8, 4) is 40.2 Å². The second-order valence-corrected chi connectivity index (χ2v) is 12.4. The number of esters is 2. The van der Waals surface area contributed by atoms with Gasteiger partial charge < -0.3 is 51.9 Å². The summed E-state index contributed by atoms with van der Waals surface area (Å²) in [5.41, 5.74) is 1.04. The van der Waals surface area contributed by atoms with Crippen molar-refractivity contribution in [3.63, 3.8) is 0 Å². The smallest absolute Gasteiger partial charge is 0.338 e. The van der Waals surface area contributed by atoms with Crippen molar-refractivity contribution < 1.29 is 56.6 Å². The van der Waals surface area contributed by atoms with Crippen molar-refractivity contribution in [1.29, 1.82) is 0 Å². The molecule has 14 nitrogen and oxygen atoms in total. The summed E-state index contributed by atoms with van der Waals surface area (Å²) in [6.45, 7) is 3.17. The normalized spacial score (nSPS) is 11.1. The number of ether oxygens (including phenoxy) is 9. The summed E-state index contributed by atoms with van der Waals surface area (Å²) < 4.78 is 54.4. The standard InChI is InChI=1S/C42H51NO13/c1-47-34-24-29(25-35(48-2)40(34)51-5)12-16-38(44)54-21-9-7-8-18-43(19-10-22-53-32-15-13-30-14-17-39(45)56-33(30)28-32)20-11-23-55-42(46)31-26-36(49-3)41(52-6)37(27-31)50-4/h12-17,24-28H,7-11,18-23H2,1-6H3/b16-12+. The van der Waals surface area contributed by atoms with E-state index in [0.29, 0.717) is 82.9 Å². The minimum absolute atomic E-state index is 0.213. The Bertz CT molecular complexity index is 1920. The zero-order chi connectivity index (χ0) is 40.3. The molecule has 1 heterocycles. The van der Waals surface area contributed by atoms with Gasteiger partial charge in [0.05, 0.1) is 68.0 Å². The van der Waals surface area contributed by atoms with Crippen LogP contribution in [-0.2, 0) is 14.3 Å². The van der Waals surface area contributed by atoms with E-state index in [0.717, 1.165) is 37.7 Å². The molecule has 0 radical (unpaired) electrons. The molecule has 1 aromatic heterocycles. The molecular weight excluding hydrogens is 726 g/mol. The van der Waals surface area contributed by atoms with Gasteiger partial charge >= 0.3 is 17.6 Å². The highest BCUT2D eigenvalue weighted by atomic mass is 16.5. The third-order valence-electron chi connectivity index (χ3n) is 8.70. The monoisotopic (exact) mass is 777 g/mol. The van der Waals surface area contributed by atoms with Crippen molar-refractivity contribution in [2.45, 2.75) is 32.1 Å². The van der Waals surface area contributed by atoms with Gasteiger partial charge in [0.1, 0.15) is 11.3 Å². The number of carbonyl (C=O) groups excluding carboxylic acids is 2. The summed E-state index contributed by atoms with van der Waals surface area (Å²) in [5.74, 6) is 2.23. The molecule has 0 fully saturated rings. The molecule has 0 aliphatic heterocycles. The van der Waals surface area contributed by atoms with E-state index in [4.69, 9.17) is 47.0 Å². The lowest BCUT2D eigenvalue weighted by molar-refractivity contribution is -0.137. The van der Waals surface area contributed by atoms with Crippen molar-refractivity contribution >= 4 is 29.0 Å². The van der Waals surface area contributed by atoms with Crippen LogP contribution in [0.25, 0.3) is 17.0 Å². The van der Waals surface area contributed by atoms with Crippen LogP contribution in [-0.4, -0.2) is 99.0 Å². The Hall–Kier alpha value is -5.89. The number of benzene rings is 3. The number of nitrogens with zero attached hydrogens (tertiary/aromatic N) is 1. The summed E-state index contributed by atoms with van der Waals surface area (Å²) >= 11 is 0. The first kappa shape index (κ1) is 42.8. The molecule has 14 heteroatoms. The van der Waals surface area contributed by atoms with Gasteiger partial charge in [-0.1, -0.05) is 0 Å². The Balaban J connectivity index is 1.25. The predicted molar refractivity (Wildman–Crippen MR) is 210 cm³/mol. The van der Waals surface area contributed by atoms with Crippen LogP contribution in [0, 0.1) is 0 Å². The summed E-state index contributed by atoms with van der Waals surface area (Å²) in [4.78, 5) is 39.2. The van der Waals surface area contributed by atoms with E-state index < -0.39 is 17.6 Å². The molecule has 0 atom stereocenters. The van der Waals surface area contributed by atoms with Crippen LogP contribution < -0.4 is 38.8 Å². The fraction of sp³-hybridized carbons (Fsp3) is 0.405. The van der Waals surface area contributed by atoms with Gasteiger partial charge in [-0.15, -0.1) is 0 Å². The summed E-state index contributed by atoms with van der Waals surface area (Å²) in [6, 6.07) is 15.1. The topological polar surface area (TPSA) is 151 Å². The zero-order valence-corrected chi connectivity index (χ0v) is 32.9. The number of fused-ring (bicyclic) bond motifs is 1. The highest BCUT2D eigenvalue weighted by molar-refractivity contribution is 5.91. The Labute approximate surface area is 326 Å². The summed E-state index contributed by atoms with van der Waals surface area (Å²) in [6.07, 6.45) is 6.75. The number of methoxy groups -OCH3 is 6. The molecule has 0 aliphatic carbocycles. The maximum Gasteiger partial charge on any atom is 0.338 e. The van der Waals surface area contributed by atoms with Crippen LogP contribution >= 0.6 is 0 Å². The van der Waals surface area contributed by atoms with Crippen molar-refractivity contribution in [2.75, 3.05) is 82.1 Å². The van der Waals surface area contributed by atoms with Crippen LogP contribution in [0.1, 0.15) is 48.0 Å². The second kappa shape index (κ2) is 22.5. The van der Waals surface area contributed by atoms with Gasteiger partial charge in [-0.05, 0) is 92.8 Å². The van der Waals surface area contributed by atoms with E-state index in [1.165, 1.54) is 54.8 Å². The van der Waals surface area contributed by atoms with Gasteiger partial charge in [0.15, 0.2) is 23.0 Å². The van der Waals surface area contributed by atoms with E-state index in [-0.39, 0.29) is 13.2 Å². The van der Waals surface area contributed by atoms with Crippen LogP contribution in [0.5, 0.6) is 40.2 Å². The van der Waals surface area contributed by atoms with E-state index in [2.05, 4.69) is 4.90 Å². The van der Waals surface area contributed by atoms with Crippen LogP contribution in [0.3, 0.4) is 0 Å². The molecule has 0 amide bonds. The first-order valence-electron chi connectivity index (χ1n) is 18.2. The SMILES string of the molecule is COc1cc(/C=C/C(=O)OCCCCCN(CCCOC(=O)c2cc(OC)c(OC)c(OC)c2)CCCOc2ccc3ccc(=O)oc3c2)cc(OC)c1OC. The fourth-order valence-electron chi connectivity index (χ4n) is 5.88. The molecule has 0 bridgehead atoms. The van der Waals surface area contributed by atoms with Gasteiger partial charge in [-0.3, -0.25) is 0 Å². The Kier molecular flexibility index (Phi) is 17.2. The molecular formula is C42H51NO13. The third kappa shape index (κ3) is 12.6. The van der Waals surface area contributed by atoms with Gasteiger partial charge in [0.2, 0.25) is 11.5 Å². The van der Waals surface area contributed by atoms with Crippen molar-refractivity contribution in [1.82, 2.24) is 4.90 Å². The van der Waals surface area contributed by atoms with E-state index in [1.54, 1.807) is 42.5 Å². The average Bonchev–Trinajstić information content (AvgIpc) is 3.22. The highest BCUT2D eigenvalue weighted by Crippen LogP contribution is 2.39. The number of hydrogen-bond donors (Lipinski definition) is 0. The lowest BCUT2D eigenvalue weighted by atomic mass is 10.1.